The van der Waals surface area contributed by atoms with Crippen LogP contribution < -0.4 is 19.1 Å². The van der Waals surface area contributed by atoms with E-state index in [0.717, 1.165) is 5.56 Å². The van der Waals surface area contributed by atoms with Crippen molar-refractivity contribution in [3.63, 3.8) is 0 Å². The van der Waals surface area contributed by atoms with Crippen LogP contribution in [-0.4, -0.2) is 37.6 Å². The monoisotopic (exact) mass is 507 g/mol. The second-order valence-corrected chi connectivity index (χ2v) is 8.61. The summed E-state index contributed by atoms with van der Waals surface area (Å²) in [4.78, 5) is 28.2. The van der Waals surface area contributed by atoms with E-state index in [9.17, 15) is 14.7 Å². The van der Waals surface area contributed by atoms with Crippen LogP contribution in [0.3, 0.4) is 0 Å². The molecule has 3 aromatic carbocycles. The van der Waals surface area contributed by atoms with Crippen molar-refractivity contribution in [2.24, 2.45) is 0 Å². The number of methoxy groups -OCH3 is 2. The molecule has 0 spiro atoms. The molecule has 4 rings (SSSR count). The molecule has 1 saturated heterocycles. The van der Waals surface area contributed by atoms with E-state index >= 15 is 0 Å². The Hall–Kier alpha value is -3.97. The Labute approximate surface area is 214 Å². The number of ketones is 1. The molecule has 1 aliphatic rings. The van der Waals surface area contributed by atoms with Gasteiger partial charge in [-0.3, -0.25) is 14.5 Å². The van der Waals surface area contributed by atoms with E-state index in [4.69, 9.17) is 25.8 Å². The maximum Gasteiger partial charge on any atom is 0.300 e. The first-order chi connectivity index (χ1) is 17.3. The van der Waals surface area contributed by atoms with Crippen molar-refractivity contribution >= 4 is 34.7 Å². The number of rotatable bonds is 7. The van der Waals surface area contributed by atoms with Gasteiger partial charge >= 0.3 is 0 Å². The normalized spacial score (nSPS) is 16.8. The Morgan fingerprint density at radius 3 is 2.31 bits per heavy atom. The van der Waals surface area contributed by atoms with E-state index in [1.54, 1.807) is 60.7 Å². The van der Waals surface area contributed by atoms with Crippen molar-refractivity contribution in [1.82, 2.24) is 0 Å². The number of benzene rings is 3. The second kappa shape index (κ2) is 10.3. The summed E-state index contributed by atoms with van der Waals surface area (Å²) >= 11 is 6.26. The highest BCUT2D eigenvalue weighted by molar-refractivity contribution is 6.52. The molecule has 0 aromatic heterocycles. The first-order valence-electron chi connectivity index (χ1n) is 11.3. The number of anilines is 1. The van der Waals surface area contributed by atoms with Crippen LogP contribution in [0.5, 0.6) is 17.2 Å². The Bertz CT molecular complexity index is 1350. The number of nitrogens with zero attached hydrogens (tertiary/aromatic N) is 1. The summed E-state index contributed by atoms with van der Waals surface area (Å²) in [5, 5.41) is 11.7. The number of carbonyl (C=O) groups excluding carboxylic acids is 2. The molecule has 0 aliphatic carbocycles. The highest BCUT2D eigenvalue weighted by atomic mass is 35.5. The number of aryl methyl sites for hydroxylation is 1. The predicted molar refractivity (Wildman–Crippen MR) is 138 cm³/mol. The third-order valence-corrected chi connectivity index (χ3v) is 6.27. The van der Waals surface area contributed by atoms with Crippen molar-refractivity contribution in [3.8, 4) is 17.2 Å². The fourth-order valence-corrected chi connectivity index (χ4v) is 4.46. The fraction of sp³-hybridized carbons (Fsp3) is 0.214. The summed E-state index contributed by atoms with van der Waals surface area (Å²) in [6.45, 7) is 4.19. The number of ether oxygens (including phenoxy) is 3. The molecule has 7 nitrogen and oxygen atoms in total. The first-order valence-corrected chi connectivity index (χ1v) is 11.7. The molecule has 1 N–H and O–H groups in total. The van der Waals surface area contributed by atoms with E-state index < -0.39 is 17.7 Å². The first kappa shape index (κ1) is 25.1. The summed E-state index contributed by atoms with van der Waals surface area (Å²) in [5.74, 6) is -0.333. The average molecular weight is 508 g/mol. The number of amides is 1. The average Bonchev–Trinajstić information content (AvgIpc) is 3.15. The zero-order chi connectivity index (χ0) is 26.0. The molecular formula is C28H26ClNO6. The van der Waals surface area contributed by atoms with Gasteiger partial charge in [-0.15, -0.1) is 0 Å². The summed E-state index contributed by atoms with van der Waals surface area (Å²) in [6.07, 6.45) is 0. The Morgan fingerprint density at radius 1 is 0.972 bits per heavy atom. The lowest BCUT2D eigenvalue weighted by Gasteiger charge is -2.27. The van der Waals surface area contributed by atoms with E-state index in [0.29, 0.717) is 45.7 Å². The molecule has 8 heteroatoms. The molecule has 1 aliphatic heterocycles. The van der Waals surface area contributed by atoms with Crippen LogP contribution in [0.4, 0.5) is 5.69 Å². The van der Waals surface area contributed by atoms with Crippen molar-refractivity contribution in [2.45, 2.75) is 19.9 Å². The van der Waals surface area contributed by atoms with Gasteiger partial charge in [0, 0.05) is 16.3 Å². The summed E-state index contributed by atoms with van der Waals surface area (Å²) in [7, 11) is 3.02. The maximum atomic E-state index is 13.4. The lowest BCUT2D eigenvalue weighted by molar-refractivity contribution is -0.132. The molecule has 1 atom stereocenters. The molecule has 0 radical (unpaired) electrons. The molecule has 1 heterocycles. The van der Waals surface area contributed by atoms with Gasteiger partial charge in [-0.05, 0) is 73.5 Å². The van der Waals surface area contributed by atoms with Crippen molar-refractivity contribution in [2.75, 3.05) is 25.7 Å². The second-order valence-electron chi connectivity index (χ2n) is 8.17. The van der Waals surface area contributed by atoms with E-state index in [-0.39, 0.29) is 11.3 Å². The molecule has 3 aromatic rings. The molecule has 0 saturated carbocycles. The Balaban J connectivity index is 1.95. The zero-order valence-corrected chi connectivity index (χ0v) is 21.1. The van der Waals surface area contributed by atoms with E-state index in [1.165, 1.54) is 19.1 Å². The third-order valence-electron chi connectivity index (χ3n) is 6.04. The largest absolute Gasteiger partial charge is 0.507 e. The number of Topliss-reactive ketones (excluding diaryl/α,β-unsaturated/α-hetero) is 1. The smallest absolute Gasteiger partial charge is 0.300 e. The zero-order valence-electron chi connectivity index (χ0n) is 20.4. The molecule has 1 fully saturated rings. The molecule has 0 bridgehead atoms. The minimum absolute atomic E-state index is 0.0456. The lowest BCUT2D eigenvalue weighted by Crippen LogP contribution is -2.30. The van der Waals surface area contributed by atoms with Gasteiger partial charge in [0.15, 0.2) is 11.5 Å². The minimum atomic E-state index is -0.937. The molecular weight excluding hydrogens is 482 g/mol. The van der Waals surface area contributed by atoms with Gasteiger partial charge < -0.3 is 19.3 Å². The van der Waals surface area contributed by atoms with Gasteiger partial charge in [-0.25, -0.2) is 0 Å². The van der Waals surface area contributed by atoms with E-state index in [1.807, 2.05) is 13.8 Å². The van der Waals surface area contributed by atoms with Gasteiger partial charge in [0.2, 0.25) is 0 Å². The van der Waals surface area contributed by atoms with Crippen LogP contribution in [0, 0.1) is 6.92 Å². The predicted octanol–water partition coefficient (Wildman–Crippen LogP) is 5.69. The SMILES string of the molecule is CCOc1ccc(/C(O)=C2\C(=O)C(=O)N(c3cc(Cl)ccc3C)C2c2ccc(OC)c(OC)c2)cc1. The summed E-state index contributed by atoms with van der Waals surface area (Å²) < 4.78 is 16.3. The van der Waals surface area contributed by atoms with Gasteiger partial charge in [-0.2, -0.15) is 0 Å². The molecule has 1 unspecified atom stereocenters. The number of halogens is 1. The number of carbonyl (C=O) groups is 2. The summed E-state index contributed by atoms with van der Waals surface area (Å²) in [5.41, 5.74) is 2.10. The number of hydrogen-bond donors (Lipinski definition) is 1. The van der Waals surface area contributed by atoms with Crippen LogP contribution in [0.1, 0.15) is 29.7 Å². The Kier molecular flexibility index (Phi) is 7.22. The number of aliphatic hydroxyl groups excluding tert-OH is 1. The van der Waals surface area contributed by atoms with Crippen molar-refractivity contribution in [3.05, 3.63) is 87.9 Å². The summed E-state index contributed by atoms with van der Waals surface area (Å²) in [6, 6.07) is 16.0. The Morgan fingerprint density at radius 2 is 1.67 bits per heavy atom. The quantitative estimate of drug-likeness (QED) is 0.251. The maximum absolute atomic E-state index is 13.4. The molecule has 36 heavy (non-hydrogen) atoms. The number of hydrogen-bond acceptors (Lipinski definition) is 6. The van der Waals surface area contributed by atoms with Gasteiger partial charge in [0.1, 0.15) is 11.5 Å². The highest BCUT2D eigenvalue weighted by Gasteiger charge is 2.47. The van der Waals surface area contributed by atoms with Gasteiger partial charge in [0.25, 0.3) is 11.7 Å². The van der Waals surface area contributed by atoms with Crippen molar-refractivity contribution < 1.29 is 28.9 Å². The van der Waals surface area contributed by atoms with Crippen LogP contribution >= 0.6 is 11.6 Å². The molecule has 186 valence electrons. The van der Waals surface area contributed by atoms with E-state index in [2.05, 4.69) is 0 Å². The highest BCUT2D eigenvalue weighted by Crippen LogP contribution is 2.45. The van der Waals surface area contributed by atoms with Gasteiger partial charge in [0.05, 0.1) is 32.4 Å². The third kappa shape index (κ3) is 4.50. The fourth-order valence-electron chi connectivity index (χ4n) is 4.29. The minimum Gasteiger partial charge on any atom is -0.507 e. The van der Waals surface area contributed by atoms with Crippen molar-refractivity contribution in [1.29, 1.82) is 0 Å². The van der Waals surface area contributed by atoms with Crippen LogP contribution in [0.25, 0.3) is 5.76 Å². The number of aliphatic hydroxyl groups is 1. The van der Waals surface area contributed by atoms with Crippen LogP contribution in [0.2, 0.25) is 5.02 Å². The standard InChI is InChI=1S/C28H26ClNO6/c1-5-36-20-11-7-17(8-12-20)26(31)24-25(18-9-13-22(34-3)23(14-18)35-4)30(28(33)27(24)32)21-15-19(29)10-6-16(21)2/h6-15,25,31H,5H2,1-4H3/b26-24+. The van der Waals surface area contributed by atoms with Crippen LogP contribution in [0.15, 0.2) is 66.2 Å². The van der Waals surface area contributed by atoms with Crippen LogP contribution in [-0.2, 0) is 9.59 Å². The van der Waals surface area contributed by atoms with Gasteiger partial charge in [-0.1, -0.05) is 23.7 Å². The topological polar surface area (TPSA) is 85.3 Å². The lowest BCUT2D eigenvalue weighted by atomic mass is 9.94. The molecule has 1 amide bonds.